The van der Waals surface area contributed by atoms with Crippen molar-refractivity contribution < 1.29 is 14.4 Å². The van der Waals surface area contributed by atoms with Crippen molar-refractivity contribution in [1.82, 2.24) is 5.32 Å². The molecule has 0 fully saturated rings. The van der Waals surface area contributed by atoms with E-state index in [2.05, 4.69) is 16.0 Å². The Balaban J connectivity index is 2.49. The summed E-state index contributed by atoms with van der Waals surface area (Å²) < 4.78 is 0. The van der Waals surface area contributed by atoms with Crippen LogP contribution in [-0.4, -0.2) is 23.8 Å². The van der Waals surface area contributed by atoms with Crippen LogP contribution in [0, 0.1) is 5.92 Å². The van der Waals surface area contributed by atoms with Crippen molar-refractivity contribution in [2.24, 2.45) is 5.92 Å². The normalized spacial score (nSPS) is 11.7. The maximum Gasteiger partial charge on any atom is 0.226 e. The van der Waals surface area contributed by atoms with Gasteiger partial charge in [0.25, 0.3) is 0 Å². The van der Waals surface area contributed by atoms with Gasteiger partial charge in [-0.1, -0.05) is 13.8 Å². The Morgan fingerprint density at radius 2 is 1.30 bits per heavy atom. The standard InChI is InChI=1S/C17H25N3O3/c1-11(2)9-16(22)19-14-5-7-15(8-6-14)20-17(23)10-12(3)18-13(4)21/h5-8,11-12H,9-10H2,1-4H3,(H,18,21)(H,19,22)(H,20,23). The van der Waals surface area contributed by atoms with Crippen LogP contribution in [0.5, 0.6) is 0 Å². The van der Waals surface area contributed by atoms with Gasteiger partial charge in [-0.05, 0) is 37.1 Å². The van der Waals surface area contributed by atoms with E-state index >= 15 is 0 Å². The number of carbonyl (C=O) groups is 3. The first-order valence-electron chi connectivity index (χ1n) is 7.73. The SMILES string of the molecule is CC(=O)NC(C)CC(=O)Nc1ccc(NC(=O)CC(C)C)cc1. The van der Waals surface area contributed by atoms with Crippen LogP contribution in [0.4, 0.5) is 11.4 Å². The minimum Gasteiger partial charge on any atom is -0.353 e. The van der Waals surface area contributed by atoms with Gasteiger partial charge in [0.1, 0.15) is 0 Å². The molecule has 0 saturated heterocycles. The lowest BCUT2D eigenvalue weighted by atomic mass is 10.1. The van der Waals surface area contributed by atoms with E-state index in [1.54, 1.807) is 31.2 Å². The summed E-state index contributed by atoms with van der Waals surface area (Å²) in [5, 5.41) is 8.22. The molecule has 0 bridgehead atoms. The van der Waals surface area contributed by atoms with Crippen LogP contribution in [0.1, 0.15) is 40.5 Å². The van der Waals surface area contributed by atoms with E-state index in [1.165, 1.54) is 6.92 Å². The first-order valence-corrected chi connectivity index (χ1v) is 7.73. The zero-order valence-electron chi connectivity index (χ0n) is 14.1. The fraction of sp³-hybridized carbons (Fsp3) is 0.471. The lowest BCUT2D eigenvalue weighted by molar-refractivity contribution is -0.120. The summed E-state index contributed by atoms with van der Waals surface area (Å²) in [7, 11) is 0. The van der Waals surface area contributed by atoms with Crippen LogP contribution >= 0.6 is 0 Å². The summed E-state index contributed by atoms with van der Waals surface area (Å²) in [5.41, 5.74) is 1.34. The van der Waals surface area contributed by atoms with Gasteiger partial charge in [-0.2, -0.15) is 0 Å². The van der Waals surface area contributed by atoms with Crippen LogP contribution in [0.25, 0.3) is 0 Å². The number of benzene rings is 1. The van der Waals surface area contributed by atoms with Gasteiger partial charge in [-0.3, -0.25) is 14.4 Å². The highest BCUT2D eigenvalue weighted by atomic mass is 16.2. The molecule has 0 aliphatic rings. The molecule has 0 heterocycles. The summed E-state index contributed by atoms with van der Waals surface area (Å²) in [4.78, 5) is 34.4. The van der Waals surface area contributed by atoms with Crippen molar-refractivity contribution in [3.8, 4) is 0 Å². The largest absolute Gasteiger partial charge is 0.353 e. The minimum atomic E-state index is -0.220. The second-order valence-electron chi connectivity index (χ2n) is 6.08. The number of rotatable bonds is 7. The first-order chi connectivity index (χ1) is 10.8. The summed E-state index contributed by atoms with van der Waals surface area (Å²) >= 11 is 0. The molecule has 1 rings (SSSR count). The quantitative estimate of drug-likeness (QED) is 0.721. The molecule has 3 N–H and O–H groups in total. The van der Waals surface area contributed by atoms with E-state index in [1.807, 2.05) is 13.8 Å². The number of carbonyl (C=O) groups excluding carboxylic acids is 3. The number of hydrogen-bond acceptors (Lipinski definition) is 3. The molecule has 6 nitrogen and oxygen atoms in total. The Bertz CT molecular complexity index is 553. The highest BCUT2D eigenvalue weighted by Gasteiger charge is 2.10. The van der Waals surface area contributed by atoms with Gasteiger partial charge in [0.2, 0.25) is 17.7 Å². The van der Waals surface area contributed by atoms with Crippen molar-refractivity contribution in [3.05, 3.63) is 24.3 Å². The molecule has 126 valence electrons. The molecule has 0 spiro atoms. The van der Waals surface area contributed by atoms with Gasteiger partial charge >= 0.3 is 0 Å². The topological polar surface area (TPSA) is 87.3 Å². The van der Waals surface area contributed by atoms with Crippen LogP contribution in [0.3, 0.4) is 0 Å². The maximum atomic E-state index is 11.9. The zero-order valence-corrected chi connectivity index (χ0v) is 14.1. The number of amides is 3. The van der Waals surface area contributed by atoms with Gasteiger partial charge in [0.05, 0.1) is 0 Å². The molecular weight excluding hydrogens is 294 g/mol. The molecule has 0 aliphatic carbocycles. The van der Waals surface area contributed by atoms with Crippen molar-refractivity contribution in [1.29, 1.82) is 0 Å². The van der Waals surface area contributed by atoms with Crippen molar-refractivity contribution in [2.45, 2.75) is 46.6 Å². The molecule has 6 heteroatoms. The van der Waals surface area contributed by atoms with Gasteiger partial charge in [0, 0.05) is 37.2 Å². The fourth-order valence-electron chi connectivity index (χ4n) is 2.11. The van der Waals surface area contributed by atoms with Gasteiger partial charge < -0.3 is 16.0 Å². The average molecular weight is 319 g/mol. The highest BCUT2D eigenvalue weighted by Crippen LogP contribution is 2.15. The van der Waals surface area contributed by atoms with E-state index in [0.717, 1.165) is 0 Å². The monoisotopic (exact) mass is 319 g/mol. The number of anilines is 2. The van der Waals surface area contributed by atoms with Crippen LogP contribution < -0.4 is 16.0 Å². The third-order valence-corrected chi connectivity index (χ3v) is 2.99. The summed E-state index contributed by atoms with van der Waals surface area (Å²) in [6, 6.07) is 6.72. The Morgan fingerprint density at radius 1 is 0.870 bits per heavy atom. The molecule has 1 unspecified atom stereocenters. The predicted octanol–water partition coefficient (Wildman–Crippen LogP) is 2.52. The zero-order chi connectivity index (χ0) is 17.4. The van der Waals surface area contributed by atoms with E-state index in [0.29, 0.717) is 23.7 Å². The first kappa shape index (κ1) is 18.7. The smallest absolute Gasteiger partial charge is 0.226 e. The molecule has 3 amide bonds. The Labute approximate surface area is 137 Å². The summed E-state index contributed by atoms with van der Waals surface area (Å²) in [6.07, 6.45) is 0.673. The van der Waals surface area contributed by atoms with Crippen molar-refractivity contribution in [3.63, 3.8) is 0 Å². The predicted molar refractivity (Wildman–Crippen MR) is 91.1 cm³/mol. The van der Waals surface area contributed by atoms with Gasteiger partial charge in [-0.25, -0.2) is 0 Å². The van der Waals surface area contributed by atoms with Gasteiger partial charge in [0.15, 0.2) is 0 Å². The third-order valence-electron chi connectivity index (χ3n) is 2.99. The highest BCUT2D eigenvalue weighted by molar-refractivity contribution is 5.93. The molecule has 1 aromatic carbocycles. The Kier molecular flexibility index (Phi) is 7.25. The average Bonchev–Trinajstić information content (AvgIpc) is 2.38. The second kappa shape index (κ2) is 8.92. The van der Waals surface area contributed by atoms with E-state index in [4.69, 9.17) is 0 Å². The molecule has 23 heavy (non-hydrogen) atoms. The molecule has 0 radical (unpaired) electrons. The Morgan fingerprint density at radius 3 is 1.70 bits per heavy atom. The molecular formula is C17H25N3O3. The van der Waals surface area contributed by atoms with Crippen molar-refractivity contribution in [2.75, 3.05) is 10.6 Å². The molecule has 0 aromatic heterocycles. The lowest BCUT2D eigenvalue weighted by Gasteiger charge is -2.13. The summed E-state index contributed by atoms with van der Waals surface area (Å²) in [6.45, 7) is 7.16. The molecule has 1 atom stereocenters. The second-order valence-corrected chi connectivity index (χ2v) is 6.08. The molecule has 1 aromatic rings. The van der Waals surface area contributed by atoms with Crippen molar-refractivity contribution >= 4 is 29.1 Å². The maximum absolute atomic E-state index is 11.9. The number of nitrogens with one attached hydrogen (secondary N) is 3. The Hall–Kier alpha value is -2.37. The molecule has 0 saturated carbocycles. The number of hydrogen-bond donors (Lipinski definition) is 3. The van der Waals surface area contributed by atoms with Crippen LogP contribution in [-0.2, 0) is 14.4 Å². The van der Waals surface area contributed by atoms with Gasteiger partial charge in [-0.15, -0.1) is 0 Å². The molecule has 0 aliphatic heterocycles. The minimum absolute atomic E-state index is 0.0269. The third kappa shape index (κ3) is 7.99. The van der Waals surface area contributed by atoms with E-state index in [-0.39, 0.29) is 30.2 Å². The van der Waals surface area contributed by atoms with E-state index in [9.17, 15) is 14.4 Å². The summed E-state index contributed by atoms with van der Waals surface area (Å²) in [5.74, 6) is -0.0604. The lowest BCUT2D eigenvalue weighted by Crippen LogP contribution is -2.33. The fourth-order valence-corrected chi connectivity index (χ4v) is 2.11. The van der Waals surface area contributed by atoms with E-state index < -0.39 is 0 Å². The van der Waals surface area contributed by atoms with Crippen LogP contribution in [0.15, 0.2) is 24.3 Å². The van der Waals surface area contributed by atoms with Crippen LogP contribution in [0.2, 0.25) is 0 Å².